The third-order valence-electron chi connectivity index (χ3n) is 3.23. The van der Waals surface area contributed by atoms with Gasteiger partial charge in [0.2, 0.25) is 0 Å². The van der Waals surface area contributed by atoms with Gasteiger partial charge < -0.3 is 5.73 Å². The normalized spacial score (nSPS) is 10.9. The quantitative estimate of drug-likeness (QED) is 0.612. The number of rotatable bonds is 2. The fourth-order valence-corrected chi connectivity index (χ4v) is 2.80. The van der Waals surface area contributed by atoms with E-state index in [1.165, 1.54) is 11.3 Å². The lowest BCUT2D eigenvalue weighted by Gasteiger charge is -2.07. The predicted octanol–water partition coefficient (Wildman–Crippen LogP) is 2.79. The van der Waals surface area contributed by atoms with E-state index in [9.17, 15) is 0 Å². The van der Waals surface area contributed by atoms with E-state index in [0.29, 0.717) is 16.5 Å². The number of hydrogen-bond donors (Lipinski definition) is 1. The van der Waals surface area contributed by atoms with E-state index >= 15 is 0 Å². The number of hydrogen-bond acceptors (Lipinski definition) is 7. The average molecular weight is 306 g/mol. The van der Waals surface area contributed by atoms with Crippen LogP contribution in [0.15, 0.2) is 48.2 Å². The van der Waals surface area contributed by atoms with Crippen molar-refractivity contribution in [2.45, 2.75) is 0 Å². The molecule has 0 radical (unpaired) electrons. The van der Waals surface area contributed by atoms with Crippen molar-refractivity contribution in [3.63, 3.8) is 0 Å². The van der Waals surface area contributed by atoms with Crippen LogP contribution in [0.25, 0.3) is 32.9 Å². The van der Waals surface area contributed by atoms with E-state index in [2.05, 4.69) is 25.1 Å². The molecule has 0 aliphatic heterocycles. The van der Waals surface area contributed by atoms with Gasteiger partial charge in [-0.1, -0.05) is 23.5 Å². The Hall–Kier alpha value is -2.93. The van der Waals surface area contributed by atoms with Gasteiger partial charge >= 0.3 is 0 Å². The molecule has 6 nitrogen and oxygen atoms in total. The molecule has 0 spiro atoms. The highest BCUT2D eigenvalue weighted by Crippen LogP contribution is 2.31. The molecule has 0 saturated carbocycles. The Balaban J connectivity index is 1.94. The lowest BCUT2D eigenvalue weighted by Crippen LogP contribution is -1.98. The Morgan fingerprint density at radius 1 is 1.05 bits per heavy atom. The summed E-state index contributed by atoms with van der Waals surface area (Å²) in [5, 5.41) is 9.68. The van der Waals surface area contributed by atoms with Crippen molar-refractivity contribution in [1.82, 2.24) is 25.1 Å². The zero-order chi connectivity index (χ0) is 14.9. The maximum atomic E-state index is 5.78. The number of fused-ring (bicyclic) bond motifs is 1. The summed E-state index contributed by atoms with van der Waals surface area (Å²) in [6.07, 6.45) is 3.32. The lowest BCUT2D eigenvalue weighted by molar-refractivity contribution is 1.08. The molecule has 4 rings (SSSR count). The number of benzene rings is 1. The maximum Gasteiger partial charge on any atom is 0.168 e. The Bertz CT molecular complexity index is 951. The van der Waals surface area contributed by atoms with E-state index in [1.54, 1.807) is 17.9 Å². The van der Waals surface area contributed by atoms with Crippen LogP contribution in [-0.2, 0) is 0 Å². The van der Waals surface area contributed by atoms with E-state index in [0.717, 1.165) is 22.2 Å². The van der Waals surface area contributed by atoms with Gasteiger partial charge in [-0.15, -0.1) is 10.2 Å². The number of nitrogen functional groups attached to an aromatic ring is 1. The molecule has 0 saturated heterocycles. The van der Waals surface area contributed by atoms with Crippen LogP contribution in [0.1, 0.15) is 0 Å². The van der Waals surface area contributed by atoms with Gasteiger partial charge in [0.25, 0.3) is 0 Å². The molecule has 22 heavy (non-hydrogen) atoms. The minimum atomic E-state index is 0.358. The third kappa shape index (κ3) is 2.17. The van der Waals surface area contributed by atoms with Gasteiger partial charge in [0.05, 0.1) is 17.4 Å². The van der Waals surface area contributed by atoms with Crippen LogP contribution < -0.4 is 5.73 Å². The van der Waals surface area contributed by atoms with Crippen LogP contribution in [0.5, 0.6) is 0 Å². The monoisotopic (exact) mass is 306 g/mol. The minimum absolute atomic E-state index is 0.358. The molecule has 1 aromatic carbocycles. The molecular weight excluding hydrogens is 296 g/mol. The van der Waals surface area contributed by atoms with Crippen molar-refractivity contribution in [3.8, 4) is 22.0 Å². The molecule has 0 unspecified atom stereocenters. The van der Waals surface area contributed by atoms with E-state index < -0.39 is 0 Å². The molecule has 0 bridgehead atoms. The Kier molecular flexibility index (Phi) is 2.97. The molecule has 0 fully saturated rings. The Morgan fingerprint density at radius 3 is 2.86 bits per heavy atom. The highest BCUT2D eigenvalue weighted by Gasteiger charge is 2.14. The van der Waals surface area contributed by atoms with Crippen LogP contribution >= 0.6 is 11.3 Å². The van der Waals surface area contributed by atoms with Crippen LogP contribution in [0.2, 0.25) is 0 Å². The van der Waals surface area contributed by atoms with Crippen molar-refractivity contribution in [2.75, 3.05) is 5.73 Å². The second-order valence-corrected chi connectivity index (χ2v) is 5.48. The second-order valence-electron chi connectivity index (χ2n) is 4.65. The molecular formula is C15H10N6S. The molecule has 0 aliphatic carbocycles. The summed E-state index contributed by atoms with van der Waals surface area (Å²) in [5.41, 5.74) is 10.7. The molecule has 2 N–H and O–H groups in total. The molecule has 0 amide bonds. The summed E-state index contributed by atoms with van der Waals surface area (Å²) in [7, 11) is 0. The molecule has 0 aliphatic rings. The summed E-state index contributed by atoms with van der Waals surface area (Å²) in [5.74, 6) is 0.358. The first-order chi connectivity index (χ1) is 10.8. The second kappa shape index (κ2) is 5.12. The van der Waals surface area contributed by atoms with Crippen molar-refractivity contribution in [1.29, 1.82) is 0 Å². The van der Waals surface area contributed by atoms with Crippen molar-refractivity contribution in [2.24, 2.45) is 0 Å². The van der Waals surface area contributed by atoms with Crippen LogP contribution in [0.3, 0.4) is 0 Å². The maximum absolute atomic E-state index is 5.78. The zero-order valence-corrected chi connectivity index (χ0v) is 12.2. The highest BCUT2D eigenvalue weighted by molar-refractivity contribution is 7.12. The van der Waals surface area contributed by atoms with E-state index in [4.69, 9.17) is 5.73 Å². The van der Waals surface area contributed by atoms with Gasteiger partial charge in [0.15, 0.2) is 5.01 Å². The zero-order valence-electron chi connectivity index (χ0n) is 11.3. The van der Waals surface area contributed by atoms with Gasteiger partial charge in [-0.2, -0.15) is 0 Å². The summed E-state index contributed by atoms with van der Waals surface area (Å²) >= 11 is 1.40. The number of nitrogens with zero attached hydrogens (tertiary/aromatic N) is 5. The SMILES string of the molecule is Nc1cnc(-c2ccc3ncccc3c2)c(-c2nncs2)n1. The van der Waals surface area contributed by atoms with Crippen molar-refractivity contribution < 1.29 is 0 Å². The van der Waals surface area contributed by atoms with Crippen molar-refractivity contribution >= 4 is 28.1 Å². The highest BCUT2D eigenvalue weighted by atomic mass is 32.1. The van der Waals surface area contributed by atoms with Gasteiger partial charge in [0, 0.05) is 17.1 Å². The summed E-state index contributed by atoms with van der Waals surface area (Å²) in [6.45, 7) is 0. The average Bonchev–Trinajstić information content (AvgIpc) is 3.09. The topological polar surface area (TPSA) is 90.5 Å². The summed E-state index contributed by atoms with van der Waals surface area (Å²) in [4.78, 5) is 13.1. The molecule has 4 aromatic rings. The first-order valence-corrected chi connectivity index (χ1v) is 7.43. The van der Waals surface area contributed by atoms with Gasteiger partial charge in [-0.3, -0.25) is 9.97 Å². The smallest absolute Gasteiger partial charge is 0.168 e. The van der Waals surface area contributed by atoms with E-state index in [-0.39, 0.29) is 0 Å². The molecule has 3 heterocycles. The van der Waals surface area contributed by atoms with Crippen molar-refractivity contribution in [3.05, 3.63) is 48.2 Å². The molecule has 7 heteroatoms. The standard InChI is InChI=1S/C15H10N6S/c16-12-7-18-13(14(20-12)15-21-19-8-22-15)10-3-4-11-9(6-10)2-1-5-17-11/h1-8H,(H2,16,20). The Morgan fingerprint density at radius 2 is 2.00 bits per heavy atom. The van der Waals surface area contributed by atoms with Gasteiger partial charge in [-0.05, 0) is 18.2 Å². The number of pyridine rings is 1. The van der Waals surface area contributed by atoms with Crippen LogP contribution in [0.4, 0.5) is 5.82 Å². The van der Waals surface area contributed by atoms with Gasteiger partial charge in [-0.25, -0.2) is 4.98 Å². The lowest BCUT2D eigenvalue weighted by atomic mass is 10.1. The van der Waals surface area contributed by atoms with Gasteiger partial charge in [0.1, 0.15) is 17.0 Å². The Labute approximate surface area is 129 Å². The van der Waals surface area contributed by atoms with Crippen LogP contribution in [-0.4, -0.2) is 25.1 Å². The molecule has 0 atom stereocenters. The fourth-order valence-electron chi connectivity index (χ4n) is 2.26. The predicted molar refractivity (Wildman–Crippen MR) is 86.1 cm³/mol. The van der Waals surface area contributed by atoms with E-state index in [1.807, 2.05) is 30.3 Å². The molecule has 106 valence electrons. The number of anilines is 1. The number of aromatic nitrogens is 5. The largest absolute Gasteiger partial charge is 0.382 e. The third-order valence-corrected chi connectivity index (χ3v) is 3.93. The first kappa shape index (κ1) is 12.8. The molecule has 3 aromatic heterocycles. The summed E-state index contributed by atoms with van der Waals surface area (Å²) < 4.78 is 0. The van der Waals surface area contributed by atoms with Crippen LogP contribution in [0, 0.1) is 0 Å². The number of nitrogens with two attached hydrogens (primary N) is 1. The fraction of sp³-hybridized carbons (Fsp3) is 0. The first-order valence-electron chi connectivity index (χ1n) is 6.55. The minimum Gasteiger partial charge on any atom is -0.382 e. The summed E-state index contributed by atoms with van der Waals surface area (Å²) in [6, 6.07) is 9.90.